The lowest BCUT2D eigenvalue weighted by molar-refractivity contribution is -0.133. The zero-order chi connectivity index (χ0) is 48.5. The fourth-order valence-corrected chi connectivity index (χ4v) is 11.2. The summed E-state index contributed by atoms with van der Waals surface area (Å²) in [7, 11) is -1.26. The Morgan fingerprint density at radius 2 is 1.61 bits per heavy atom. The van der Waals surface area contributed by atoms with E-state index in [1.54, 1.807) is 11.2 Å². The van der Waals surface area contributed by atoms with Crippen molar-refractivity contribution < 1.29 is 23.6 Å². The van der Waals surface area contributed by atoms with E-state index in [0.29, 0.717) is 37.5 Å². The number of nitrogens with zero attached hydrogens (tertiary/aromatic N) is 10. The maximum Gasteiger partial charge on any atom is 0.333 e. The predicted molar refractivity (Wildman–Crippen MR) is 273 cm³/mol. The topological polar surface area (TPSA) is 172 Å². The van der Waals surface area contributed by atoms with Crippen molar-refractivity contribution in [3.63, 3.8) is 0 Å². The minimum absolute atomic E-state index is 0.00412. The zero-order valence-electron chi connectivity index (χ0n) is 41.2. The van der Waals surface area contributed by atoms with Crippen LogP contribution in [0.4, 0.5) is 21.9 Å². The molecule has 0 bridgehead atoms. The monoisotopic (exact) mass is 964 g/mol. The molecule has 366 valence electrons. The van der Waals surface area contributed by atoms with Gasteiger partial charge in [0, 0.05) is 131 Å². The molecule has 70 heavy (non-hydrogen) atoms. The number of ether oxygens (including phenoxy) is 1. The van der Waals surface area contributed by atoms with Crippen LogP contribution in [-0.4, -0.2) is 150 Å². The van der Waals surface area contributed by atoms with Crippen molar-refractivity contribution in [1.82, 2.24) is 45.1 Å². The van der Waals surface area contributed by atoms with E-state index < -0.39 is 8.07 Å². The number of rotatable bonds is 15. The minimum Gasteiger partial charge on any atom is -0.369 e. The Kier molecular flexibility index (Phi) is 12.0. The Morgan fingerprint density at radius 3 is 2.34 bits per heavy atom. The van der Waals surface area contributed by atoms with E-state index in [-0.39, 0.29) is 41.9 Å². The number of aromatic nitrogens is 5. The maximum absolute atomic E-state index is 13.3. The number of urea groups is 1. The molecule has 4 amide bonds. The van der Waals surface area contributed by atoms with E-state index in [9.17, 15) is 14.4 Å². The van der Waals surface area contributed by atoms with E-state index >= 15 is 0 Å². The van der Waals surface area contributed by atoms with Crippen LogP contribution in [0.3, 0.4) is 0 Å². The summed E-state index contributed by atoms with van der Waals surface area (Å²) in [5, 5.41) is 9.17. The molecule has 7 heterocycles. The van der Waals surface area contributed by atoms with Gasteiger partial charge in [0.15, 0.2) is 5.82 Å². The molecule has 18 heteroatoms. The molecule has 0 radical (unpaired) electrons. The number of nitrogens with one attached hydrogen (secondary N) is 2. The summed E-state index contributed by atoms with van der Waals surface area (Å²) in [6, 6.07) is 22.7. The van der Waals surface area contributed by atoms with Gasteiger partial charge in [-0.05, 0) is 86.3 Å². The molecule has 11 rings (SSSR count). The predicted octanol–water partition coefficient (Wildman–Crippen LogP) is 7.18. The Balaban J connectivity index is 0.652. The number of likely N-dealkylation sites (tertiary alicyclic amines) is 1. The molecule has 1 saturated carbocycles. The largest absolute Gasteiger partial charge is 0.369 e. The molecule has 5 fully saturated rings. The highest BCUT2D eigenvalue weighted by molar-refractivity contribution is 6.76. The SMILES string of the molecule is Cc1cc(-c2ncnc3[nH]c4cc(N5CCN(C6CN(C7CN(c8ccc(N9CCC(=O)N(COCC[Si](C)(C)C)C9=O)cc8)C7)C6)CC5)ccc4c23)ccc1C(C)NC(=O)c1nc(C2(C)CC2)no1. The summed E-state index contributed by atoms with van der Waals surface area (Å²) in [6.45, 7) is 22.1. The molecular formula is C52H64N12O5Si. The maximum atomic E-state index is 13.3. The van der Waals surface area contributed by atoms with Gasteiger partial charge in [-0.25, -0.2) is 19.7 Å². The van der Waals surface area contributed by atoms with Crippen LogP contribution in [0, 0.1) is 6.92 Å². The normalized spacial score (nSPS) is 19.8. The Hall–Kier alpha value is -6.21. The second kappa shape index (κ2) is 18.2. The summed E-state index contributed by atoms with van der Waals surface area (Å²) in [6.07, 6.45) is 3.92. The van der Waals surface area contributed by atoms with E-state index in [1.807, 2.05) is 19.1 Å². The van der Waals surface area contributed by atoms with Gasteiger partial charge in [-0.1, -0.05) is 49.9 Å². The van der Waals surface area contributed by atoms with Gasteiger partial charge in [0.2, 0.25) is 5.91 Å². The van der Waals surface area contributed by atoms with Crippen molar-refractivity contribution in [2.45, 2.75) is 89.3 Å². The molecule has 6 aromatic rings. The number of hydrogen-bond donors (Lipinski definition) is 2. The molecule has 1 unspecified atom stereocenters. The summed E-state index contributed by atoms with van der Waals surface area (Å²) >= 11 is 0. The highest BCUT2D eigenvalue weighted by atomic mass is 28.3. The van der Waals surface area contributed by atoms with E-state index in [0.717, 1.165) is 127 Å². The summed E-state index contributed by atoms with van der Waals surface area (Å²) in [5.41, 5.74) is 8.83. The van der Waals surface area contributed by atoms with E-state index in [2.05, 4.69) is 127 Å². The number of fused-ring (bicyclic) bond motifs is 3. The lowest BCUT2D eigenvalue weighted by Crippen LogP contribution is -2.71. The fraction of sp³-hybridized carbons (Fsp3) is 0.481. The van der Waals surface area contributed by atoms with Crippen LogP contribution in [-0.2, 0) is 14.9 Å². The van der Waals surface area contributed by atoms with Crippen molar-refractivity contribution in [3.8, 4) is 11.3 Å². The summed E-state index contributed by atoms with van der Waals surface area (Å²) < 4.78 is 11.1. The second-order valence-electron chi connectivity index (χ2n) is 21.6. The number of benzene rings is 3. The van der Waals surface area contributed by atoms with Gasteiger partial charge in [0.05, 0.1) is 17.1 Å². The first-order chi connectivity index (χ1) is 33.7. The molecule has 4 aliphatic heterocycles. The third-order valence-electron chi connectivity index (χ3n) is 15.4. The number of amides is 4. The molecule has 2 N–H and O–H groups in total. The zero-order valence-corrected chi connectivity index (χ0v) is 42.2. The molecule has 3 aromatic carbocycles. The second-order valence-corrected chi connectivity index (χ2v) is 27.2. The number of aryl methyl sites for hydroxylation is 1. The number of hydrogen-bond acceptors (Lipinski definition) is 13. The van der Waals surface area contributed by atoms with Crippen LogP contribution in [0.5, 0.6) is 0 Å². The summed E-state index contributed by atoms with van der Waals surface area (Å²) in [4.78, 5) is 69.5. The standard InChI is InChI=1S/C52H64N12O5Si/c1-33-25-35(7-13-41(33)34(2)55-48(66)49-57-50(58-69-49)52(3)16-17-52)46-45-42-14-12-38(26-43(42)56-47(45)54-31-53-46)59-19-21-60(22-20-59)39-27-62(28-39)40-29-61(30-40)36-8-10-37(11-9-36)63-18-15-44(65)64(51(63)67)32-68-23-24-70(4,5)6/h7-14,25-26,31,34,39-40H,15-24,27-30,32H2,1-6H3,(H,55,66)(H,53,54,56). The van der Waals surface area contributed by atoms with Gasteiger partial charge < -0.3 is 29.4 Å². The van der Waals surface area contributed by atoms with Crippen molar-refractivity contribution in [2.75, 3.05) is 86.9 Å². The van der Waals surface area contributed by atoms with Crippen LogP contribution in [0.1, 0.15) is 66.8 Å². The van der Waals surface area contributed by atoms with Crippen molar-refractivity contribution >= 4 is 64.9 Å². The molecular weight excluding hydrogens is 901 g/mol. The van der Waals surface area contributed by atoms with E-state index in [1.165, 1.54) is 10.6 Å². The van der Waals surface area contributed by atoms with Crippen LogP contribution < -0.4 is 20.0 Å². The van der Waals surface area contributed by atoms with Gasteiger partial charge in [-0.3, -0.25) is 24.3 Å². The van der Waals surface area contributed by atoms with Crippen molar-refractivity contribution in [3.05, 3.63) is 89.8 Å². The molecule has 17 nitrogen and oxygen atoms in total. The average molecular weight is 965 g/mol. The quantitative estimate of drug-likeness (QED) is 0.0784. The molecule has 1 aliphatic carbocycles. The smallest absolute Gasteiger partial charge is 0.333 e. The minimum atomic E-state index is -1.26. The van der Waals surface area contributed by atoms with Crippen LogP contribution in [0.15, 0.2) is 71.5 Å². The lowest BCUT2D eigenvalue weighted by Gasteiger charge is -2.55. The van der Waals surface area contributed by atoms with Crippen LogP contribution in [0.2, 0.25) is 25.7 Å². The highest BCUT2D eigenvalue weighted by Crippen LogP contribution is 2.46. The molecule has 0 spiro atoms. The fourth-order valence-electron chi connectivity index (χ4n) is 10.4. The number of carbonyl (C=O) groups is 3. The summed E-state index contributed by atoms with van der Waals surface area (Å²) in [5.74, 6) is 0.0460. The van der Waals surface area contributed by atoms with Gasteiger partial charge in [0.1, 0.15) is 18.7 Å². The van der Waals surface area contributed by atoms with Crippen molar-refractivity contribution in [1.29, 1.82) is 0 Å². The Bertz CT molecular complexity index is 2940. The molecule has 1 atom stereocenters. The first kappa shape index (κ1) is 46.2. The number of aromatic amines is 1. The van der Waals surface area contributed by atoms with Gasteiger partial charge in [0.25, 0.3) is 0 Å². The number of H-pyrrole nitrogens is 1. The first-order valence-corrected chi connectivity index (χ1v) is 28.7. The molecule has 5 aliphatic rings. The van der Waals surface area contributed by atoms with Gasteiger partial charge >= 0.3 is 17.8 Å². The Labute approximate surface area is 409 Å². The number of imide groups is 1. The Morgan fingerprint density at radius 1 is 0.886 bits per heavy atom. The molecule has 3 aromatic heterocycles. The highest BCUT2D eigenvalue weighted by Gasteiger charge is 2.44. The third kappa shape index (κ3) is 9.05. The van der Waals surface area contributed by atoms with Gasteiger partial charge in [-0.15, -0.1) is 0 Å². The van der Waals surface area contributed by atoms with Crippen molar-refractivity contribution in [2.24, 2.45) is 0 Å². The average Bonchev–Trinajstić information content (AvgIpc) is 3.67. The van der Waals surface area contributed by atoms with Gasteiger partial charge in [-0.2, -0.15) is 4.98 Å². The van der Waals surface area contributed by atoms with Crippen LogP contribution >= 0.6 is 0 Å². The number of piperazine rings is 1. The van der Waals surface area contributed by atoms with Crippen LogP contribution in [0.25, 0.3) is 33.2 Å². The van der Waals surface area contributed by atoms with E-state index in [4.69, 9.17) is 14.2 Å². The molecule has 4 saturated heterocycles. The number of anilines is 3. The lowest BCUT2D eigenvalue weighted by atomic mass is 9.97. The number of carbonyl (C=O) groups excluding carboxylic acids is 3. The first-order valence-electron chi connectivity index (χ1n) is 25.0. The third-order valence-corrected chi connectivity index (χ3v) is 17.1.